The molecule has 0 aromatic heterocycles. The molecule has 0 spiro atoms. The van der Waals surface area contributed by atoms with Crippen molar-refractivity contribution in [3.05, 3.63) is 0 Å². The van der Waals surface area contributed by atoms with E-state index in [2.05, 4.69) is 0 Å². The van der Waals surface area contributed by atoms with Gasteiger partial charge in [0.15, 0.2) is 0 Å². The number of carboxylic acid groups (broad SMARTS) is 1. The monoisotopic (exact) mass is 157 g/mol. The average Bonchev–Trinajstić information content (AvgIpc) is 2.33. The summed E-state index contributed by atoms with van der Waals surface area (Å²) in [7, 11) is 0. The van der Waals surface area contributed by atoms with E-state index < -0.39 is 12.0 Å². The van der Waals surface area contributed by atoms with Crippen LogP contribution in [0.2, 0.25) is 0 Å². The Morgan fingerprint density at radius 1 is 1.73 bits per heavy atom. The summed E-state index contributed by atoms with van der Waals surface area (Å²) in [5.74, 6) is -0.972. The van der Waals surface area contributed by atoms with E-state index in [1.807, 2.05) is 0 Å². The molecular formula is C7H11NO3. The van der Waals surface area contributed by atoms with Crippen LogP contribution in [0.25, 0.3) is 0 Å². The third-order valence-corrected chi connectivity index (χ3v) is 1.93. The van der Waals surface area contributed by atoms with Gasteiger partial charge in [0, 0.05) is 13.0 Å². The molecule has 0 radical (unpaired) electrons. The van der Waals surface area contributed by atoms with Crippen LogP contribution in [0.15, 0.2) is 0 Å². The van der Waals surface area contributed by atoms with Gasteiger partial charge in [0.1, 0.15) is 6.04 Å². The first-order valence-electron chi connectivity index (χ1n) is 3.65. The van der Waals surface area contributed by atoms with Crippen LogP contribution in [0.4, 0.5) is 0 Å². The van der Waals surface area contributed by atoms with Crippen molar-refractivity contribution < 1.29 is 14.7 Å². The molecule has 0 aliphatic carbocycles. The van der Waals surface area contributed by atoms with Gasteiger partial charge in [-0.15, -0.1) is 0 Å². The normalized spacial score (nSPS) is 20.5. The van der Waals surface area contributed by atoms with Crippen molar-refractivity contribution in [2.45, 2.75) is 25.8 Å². The predicted molar refractivity (Wildman–Crippen MR) is 38.0 cm³/mol. The molecule has 1 amide bonds. The van der Waals surface area contributed by atoms with Crippen LogP contribution >= 0.6 is 0 Å². The zero-order valence-electron chi connectivity index (χ0n) is 6.41. The lowest BCUT2D eigenvalue weighted by Crippen LogP contribution is -2.39. The van der Waals surface area contributed by atoms with Crippen molar-refractivity contribution in [3.8, 4) is 0 Å². The van der Waals surface area contributed by atoms with Crippen molar-refractivity contribution in [3.63, 3.8) is 0 Å². The fraction of sp³-hybridized carbons (Fsp3) is 0.714. The largest absolute Gasteiger partial charge is 0.480 e. The van der Waals surface area contributed by atoms with Crippen LogP contribution in [-0.2, 0) is 9.59 Å². The van der Waals surface area contributed by atoms with Crippen LogP contribution in [0.5, 0.6) is 0 Å². The maximum Gasteiger partial charge on any atom is 0.326 e. The molecule has 1 heterocycles. The standard InChI is InChI=1S/C7H11NO3/c1-5(7(10)11)8-4-2-3-6(8)9/h5H,2-4H2,1H3,(H,10,11)/t5-/m1/s1. The van der Waals surface area contributed by atoms with E-state index >= 15 is 0 Å². The quantitative estimate of drug-likeness (QED) is 0.617. The van der Waals surface area contributed by atoms with Gasteiger partial charge in [-0.1, -0.05) is 0 Å². The van der Waals surface area contributed by atoms with Gasteiger partial charge in [-0.2, -0.15) is 0 Å². The number of carbonyl (C=O) groups excluding carboxylic acids is 1. The van der Waals surface area contributed by atoms with Gasteiger partial charge in [-0.3, -0.25) is 4.79 Å². The van der Waals surface area contributed by atoms with E-state index in [1.165, 1.54) is 11.8 Å². The smallest absolute Gasteiger partial charge is 0.326 e. The van der Waals surface area contributed by atoms with Crippen LogP contribution in [0, 0.1) is 0 Å². The molecule has 1 saturated heterocycles. The van der Waals surface area contributed by atoms with Crippen LogP contribution in [0.3, 0.4) is 0 Å². The first-order chi connectivity index (χ1) is 5.13. The number of rotatable bonds is 2. The molecule has 11 heavy (non-hydrogen) atoms. The predicted octanol–water partition coefficient (Wildman–Crippen LogP) is 0.0819. The zero-order valence-corrected chi connectivity index (χ0v) is 6.41. The molecule has 1 fully saturated rings. The number of hydrogen-bond acceptors (Lipinski definition) is 2. The molecule has 0 aromatic carbocycles. The van der Waals surface area contributed by atoms with Gasteiger partial charge in [0.2, 0.25) is 5.91 Å². The molecule has 1 aliphatic rings. The molecule has 4 heteroatoms. The maximum absolute atomic E-state index is 11.0. The highest BCUT2D eigenvalue weighted by atomic mass is 16.4. The SMILES string of the molecule is C[C@H](C(=O)O)N1CCCC1=O. The van der Waals surface area contributed by atoms with Crippen molar-refractivity contribution in [2.24, 2.45) is 0 Å². The van der Waals surface area contributed by atoms with Crippen LogP contribution in [-0.4, -0.2) is 34.5 Å². The molecule has 1 rings (SSSR count). The molecule has 4 nitrogen and oxygen atoms in total. The van der Waals surface area contributed by atoms with E-state index in [-0.39, 0.29) is 5.91 Å². The zero-order chi connectivity index (χ0) is 8.43. The minimum atomic E-state index is -0.930. The Kier molecular flexibility index (Phi) is 2.12. The summed E-state index contributed by atoms with van der Waals surface area (Å²) in [6.07, 6.45) is 1.29. The summed E-state index contributed by atoms with van der Waals surface area (Å²) in [6, 6.07) is -0.662. The minimum absolute atomic E-state index is 0.0418. The van der Waals surface area contributed by atoms with Gasteiger partial charge >= 0.3 is 5.97 Å². The Morgan fingerprint density at radius 3 is 2.73 bits per heavy atom. The molecule has 0 bridgehead atoms. The van der Waals surface area contributed by atoms with Gasteiger partial charge in [-0.05, 0) is 13.3 Å². The second-order valence-electron chi connectivity index (χ2n) is 2.70. The Balaban J connectivity index is 2.59. The number of aliphatic carboxylic acids is 1. The van der Waals surface area contributed by atoms with Crippen molar-refractivity contribution in [1.29, 1.82) is 0 Å². The molecule has 0 aromatic rings. The van der Waals surface area contributed by atoms with Crippen LogP contribution < -0.4 is 0 Å². The highest BCUT2D eigenvalue weighted by Gasteiger charge is 2.28. The third-order valence-electron chi connectivity index (χ3n) is 1.93. The van der Waals surface area contributed by atoms with Gasteiger partial charge < -0.3 is 10.0 Å². The summed E-state index contributed by atoms with van der Waals surface area (Å²) < 4.78 is 0. The Hall–Kier alpha value is -1.06. The third kappa shape index (κ3) is 1.50. The second-order valence-corrected chi connectivity index (χ2v) is 2.70. The van der Waals surface area contributed by atoms with E-state index in [1.54, 1.807) is 0 Å². The van der Waals surface area contributed by atoms with Crippen molar-refractivity contribution in [2.75, 3.05) is 6.54 Å². The molecule has 1 atom stereocenters. The maximum atomic E-state index is 11.0. The number of hydrogen-bond donors (Lipinski definition) is 1. The lowest BCUT2D eigenvalue weighted by molar-refractivity contribution is -0.147. The highest BCUT2D eigenvalue weighted by Crippen LogP contribution is 2.12. The lowest BCUT2D eigenvalue weighted by Gasteiger charge is -2.19. The average molecular weight is 157 g/mol. The van der Waals surface area contributed by atoms with E-state index in [0.717, 1.165) is 6.42 Å². The fourth-order valence-corrected chi connectivity index (χ4v) is 1.21. The Bertz CT molecular complexity index is 190. The van der Waals surface area contributed by atoms with Crippen LogP contribution in [0.1, 0.15) is 19.8 Å². The molecule has 1 aliphatic heterocycles. The number of nitrogens with zero attached hydrogens (tertiary/aromatic N) is 1. The number of amides is 1. The van der Waals surface area contributed by atoms with E-state index in [4.69, 9.17) is 5.11 Å². The van der Waals surface area contributed by atoms with E-state index in [9.17, 15) is 9.59 Å². The lowest BCUT2D eigenvalue weighted by atomic mass is 10.3. The van der Waals surface area contributed by atoms with Crippen molar-refractivity contribution >= 4 is 11.9 Å². The van der Waals surface area contributed by atoms with Gasteiger partial charge in [0.05, 0.1) is 0 Å². The summed E-state index contributed by atoms with van der Waals surface area (Å²) in [4.78, 5) is 22.8. The summed E-state index contributed by atoms with van der Waals surface area (Å²) in [5.41, 5.74) is 0. The number of carbonyl (C=O) groups is 2. The molecule has 1 N–H and O–H groups in total. The Morgan fingerprint density at radius 2 is 2.36 bits per heavy atom. The minimum Gasteiger partial charge on any atom is -0.480 e. The van der Waals surface area contributed by atoms with Crippen molar-refractivity contribution in [1.82, 2.24) is 4.90 Å². The number of likely N-dealkylation sites (tertiary alicyclic amines) is 1. The molecular weight excluding hydrogens is 146 g/mol. The first kappa shape index (κ1) is 8.04. The van der Waals surface area contributed by atoms with E-state index in [0.29, 0.717) is 13.0 Å². The molecule has 0 saturated carbocycles. The molecule has 62 valence electrons. The summed E-state index contributed by atoms with van der Waals surface area (Å²) >= 11 is 0. The topological polar surface area (TPSA) is 57.6 Å². The Labute approximate surface area is 64.8 Å². The van der Waals surface area contributed by atoms with Gasteiger partial charge in [0.25, 0.3) is 0 Å². The summed E-state index contributed by atoms with van der Waals surface area (Å²) in [6.45, 7) is 2.12. The molecule has 0 unspecified atom stereocenters. The second kappa shape index (κ2) is 2.90. The highest BCUT2D eigenvalue weighted by molar-refractivity contribution is 5.84. The summed E-state index contributed by atoms with van der Waals surface area (Å²) in [5, 5.41) is 8.57. The first-order valence-corrected chi connectivity index (χ1v) is 3.65. The fourth-order valence-electron chi connectivity index (χ4n) is 1.21. The number of carboxylic acids is 1. The van der Waals surface area contributed by atoms with Gasteiger partial charge in [-0.25, -0.2) is 4.79 Å².